The minimum Gasteiger partial charge on any atom is -0.494 e. The van der Waals surface area contributed by atoms with Crippen LogP contribution in [0.1, 0.15) is 18.1 Å². The van der Waals surface area contributed by atoms with Crippen LogP contribution in [-0.4, -0.2) is 6.61 Å². The summed E-state index contributed by atoms with van der Waals surface area (Å²) in [7, 11) is 0. The third kappa shape index (κ3) is 3.62. The Hall–Kier alpha value is -1.50. The lowest BCUT2D eigenvalue weighted by Gasteiger charge is -2.08. The molecule has 0 bridgehead atoms. The Bertz CT molecular complexity index is 311. The molecule has 0 aliphatic rings. The van der Waals surface area contributed by atoms with Crippen LogP contribution in [0.2, 0.25) is 0 Å². The highest BCUT2D eigenvalue weighted by atomic mass is 16.5. The smallest absolute Gasteiger partial charge is 0.119 e. The molecule has 0 aromatic heterocycles. The van der Waals surface area contributed by atoms with E-state index in [1.165, 1.54) is 11.1 Å². The standard InChI is InChI=1S/C14H18O/c1-4-7-12-9-13(8-5-2)11-14(10-12)15-6-3/h4-5,9-11H,1-2,6-8H2,3H3. The fraction of sp³-hybridized carbons (Fsp3) is 0.286. The van der Waals surface area contributed by atoms with Crippen LogP contribution in [0.15, 0.2) is 43.5 Å². The summed E-state index contributed by atoms with van der Waals surface area (Å²) in [5, 5.41) is 0. The zero-order chi connectivity index (χ0) is 11.1. The van der Waals surface area contributed by atoms with E-state index in [0.29, 0.717) is 6.61 Å². The molecule has 1 aromatic rings. The molecule has 15 heavy (non-hydrogen) atoms. The number of hydrogen-bond donors (Lipinski definition) is 0. The summed E-state index contributed by atoms with van der Waals surface area (Å²) in [6.45, 7) is 10.2. The molecule has 0 spiro atoms. The predicted octanol–water partition coefficient (Wildman–Crippen LogP) is 3.54. The highest BCUT2D eigenvalue weighted by Gasteiger charge is 1.99. The van der Waals surface area contributed by atoms with Gasteiger partial charge in [-0.3, -0.25) is 0 Å². The number of ether oxygens (including phenoxy) is 1. The van der Waals surface area contributed by atoms with Crippen LogP contribution in [0, 0.1) is 0 Å². The fourth-order valence-corrected chi connectivity index (χ4v) is 1.55. The van der Waals surface area contributed by atoms with Crippen molar-refractivity contribution in [2.45, 2.75) is 19.8 Å². The van der Waals surface area contributed by atoms with Crippen molar-refractivity contribution in [3.8, 4) is 5.75 Å². The molecule has 80 valence electrons. The van der Waals surface area contributed by atoms with Gasteiger partial charge in [-0.15, -0.1) is 13.2 Å². The largest absolute Gasteiger partial charge is 0.494 e. The first kappa shape index (κ1) is 11.6. The predicted molar refractivity (Wildman–Crippen MR) is 65.4 cm³/mol. The van der Waals surface area contributed by atoms with E-state index in [1.807, 2.05) is 19.1 Å². The molecule has 1 aromatic carbocycles. The zero-order valence-electron chi connectivity index (χ0n) is 9.33. The van der Waals surface area contributed by atoms with Gasteiger partial charge in [-0.05, 0) is 43.0 Å². The third-order valence-corrected chi connectivity index (χ3v) is 2.10. The van der Waals surface area contributed by atoms with Crippen molar-refractivity contribution in [2.75, 3.05) is 6.61 Å². The fourth-order valence-electron chi connectivity index (χ4n) is 1.55. The zero-order valence-corrected chi connectivity index (χ0v) is 9.33. The molecule has 0 amide bonds. The second kappa shape index (κ2) is 6.07. The molecule has 1 rings (SSSR count). The Kier molecular flexibility index (Phi) is 4.69. The van der Waals surface area contributed by atoms with Gasteiger partial charge in [0.1, 0.15) is 5.75 Å². The van der Waals surface area contributed by atoms with E-state index in [1.54, 1.807) is 0 Å². The summed E-state index contributed by atoms with van der Waals surface area (Å²) in [4.78, 5) is 0. The minimum atomic E-state index is 0.699. The first-order valence-electron chi connectivity index (χ1n) is 5.27. The average Bonchev–Trinajstić information content (AvgIpc) is 2.19. The van der Waals surface area contributed by atoms with Crippen LogP contribution < -0.4 is 4.74 Å². The number of benzene rings is 1. The molecule has 0 saturated carbocycles. The maximum Gasteiger partial charge on any atom is 0.119 e. The second-order valence-corrected chi connectivity index (χ2v) is 3.40. The number of hydrogen-bond acceptors (Lipinski definition) is 1. The quantitative estimate of drug-likeness (QED) is 0.641. The summed E-state index contributed by atoms with van der Waals surface area (Å²) in [6, 6.07) is 6.31. The Morgan fingerprint density at radius 1 is 1.07 bits per heavy atom. The molecule has 1 nitrogen and oxygen atoms in total. The molecule has 0 aliphatic carbocycles. The Labute approximate surface area is 92.1 Å². The van der Waals surface area contributed by atoms with E-state index < -0.39 is 0 Å². The van der Waals surface area contributed by atoms with Crippen LogP contribution in [-0.2, 0) is 12.8 Å². The van der Waals surface area contributed by atoms with Crippen LogP contribution in [0.3, 0.4) is 0 Å². The van der Waals surface area contributed by atoms with Gasteiger partial charge in [0.05, 0.1) is 6.61 Å². The molecule has 0 fully saturated rings. The van der Waals surface area contributed by atoms with Gasteiger partial charge in [0.2, 0.25) is 0 Å². The minimum absolute atomic E-state index is 0.699. The van der Waals surface area contributed by atoms with Gasteiger partial charge in [-0.2, -0.15) is 0 Å². The monoisotopic (exact) mass is 202 g/mol. The molecule has 0 unspecified atom stereocenters. The summed E-state index contributed by atoms with van der Waals surface area (Å²) >= 11 is 0. The van der Waals surface area contributed by atoms with E-state index in [2.05, 4.69) is 31.4 Å². The van der Waals surface area contributed by atoms with Crippen molar-refractivity contribution in [1.29, 1.82) is 0 Å². The lowest BCUT2D eigenvalue weighted by Crippen LogP contribution is -1.95. The Morgan fingerprint density at radius 2 is 1.60 bits per heavy atom. The molecule has 0 saturated heterocycles. The normalized spacial score (nSPS) is 9.67. The summed E-state index contributed by atoms with van der Waals surface area (Å²) in [5.74, 6) is 0.939. The van der Waals surface area contributed by atoms with Gasteiger partial charge in [-0.1, -0.05) is 18.2 Å². The topological polar surface area (TPSA) is 9.23 Å². The van der Waals surface area contributed by atoms with Crippen molar-refractivity contribution in [3.05, 3.63) is 54.6 Å². The second-order valence-electron chi connectivity index (χ2n) is 3.40. The first-order chi connectivity index (χ1) is 7.30. The van der Waals surface area contributed by atoms with Crippen LogP contribution in [0.25, 0.3) is 0 Å². The molecular formula is C14H18O. The average molecular weight is 202 g/mol. The van der Waals surface area contributed by atoms with Crippen LogP contribution >= 0.6 is 0 Å². The van der Waals surface area contributed by atoms with Gasteiger partial charge in [0.25, 0.3) is 0 Å². The highest BCUT2D eigenvalue weighted by Crippen LogP contribution is 2.18. The summed E-state index contributed by atoms with van der Waals surface area (Å²) < 4.78 is 5.51. The van der Waals surface area contributed by atoms with Gasteiger partial charge in [0, 0.05) is 0 Å². The van der Waals surface area contributed by atoms with Crippen molar-refractivity contribution in [2.24, 2.45) is 0 Å². The maximum atomic E-state index is 5.51. The molecule has 0 atom stereocenters. The number of rotatable bonds is 6. The lowest BCUT2D eigenvalue weighted by atomic mass is 10.1. The van der Waals surface area contributed by atoms with E-state index in [0.717, 1.165) is 18.6 Å². The first-order valence-corrected chi connectivity index (χ1v) is 5.27. The van der Waals surface area contributed by atoms with Gasteiger partial charge < -0.3 is 4.74 Å². The number of allylic oxidation sites excluding steroid dienone is 2. The van der Waals surface area contributed by atoms with E-state index in [-0.39, 0.29) is 0 Å². The van der Waals surface area contributed by atoms with Crippen molar-refractivity contribution in [3.63, 3.8) is 0 Å². The molecule has 0 heterocycles. The van der Waals surface area contributed by atoms with Gasteiger partial charge in [-0.25, -0.2) is 0 Å². The SMILES string of the molecule is C=CCc1cc(CC=C)cc(OCC)c1. The summed E-state index contributed by atoms with van der Waals surface area (Å²) in [5.41, 5.74) is 2.49. The Balaban J connectivity index is 2.95. The highest BCUT2D eigenvalue weighted by molar-refractivity contribution is 5.36. The third-order valence-electron chi connectivity index (χ3n) is 2.10. The summed E-state index contributed by atoms with van der Waals surface area (Å²) in [6.07, 6.45) is 5.57. The van der Waals surface area contributed by atoms with Gasteiger partial charge >= 0.3 is 0 Å². The molecule has 1 heteroatoms. The van der Waals surface area contributed by atoms with E-state index in [4.69, 9.17) is 4.74 Å². The molecule has 0 radical (unpaired) electrons. The van der Waals surface area contributed by atoms with Crippen molar-refractivity contribution in [1.82, 2.24) is 0 Å². The van der Waals surface area contributed by atoms with Gasteiger partial charge in [0.15, 0.2) is 0 Å². The van der Waals surface area contributed by atoms with E-state index in [9.17, 15) is 0 Å². The molecule has 0 aliphatic heterocycles. The van der Waals surface area contributed by atoms with Crippen LogP contribution in [0.5, 0.6) is 5.75 Å². The Morgan fingerprint density at radius 3 is 2.00 bits per heavy atom. The maximum absolute atomic E-state index is 5.51. The van der Waals surface area contributed by atoms with Crippen LogP contribution in [0.4, 0.5) is 0 Å². The lowest BCUT2D eigenvalue weighted by molar-refractivity contribution is 0.339. The molecular weight excluding hydrogens is 184 g/mol. The van der Waals surface area contributed by atoms with E-state index >= 15 is 0 Å². The molecule has 0 N–H and O–H groups in total. The van der Waals surface area contributed by atoms with Crippen molar-refractivity contribution < 1.29 is 4.74 Å². The van der Waals surface area contributed by atoms with Crippen molar-refractivity contribution >= 4 is 0 Å².